The highest BCUT2D eigenvalue weighted by Gasteiger charge is 2.19. The lowest BCUT2D eigenvalue weighted by Crippen LogP contribution is -2.08. The predicted molar refractivity (Wildman–Crippen MR) is 96.6 cm³/mol. The number of carbonyl (C=O) groups is 2. The summed E-state index contributed by atoms with van der Waals surface area (Å²) in [5, 5.41) is 0.237. The van der Waals surface area contributed by atoms with Crippen molar-refractivity contribution in [2.75, 3.05) is 7.11 Å². The Kier molecular flexibility index (Phi) is 4.85. The molecular formula is C18H14N2O4S. The van der Waals surface area contributed by atoms with E-state index >= 15 is 0 Å². The van der Waals surface area contributed by atoms with Crippen molar-refractivity contribution in [1.82, 2.24) is 0 Å². The molecule has 2 aromatic carbocycles. The normalized spacial score (nSPS) is 15.2. The van der Waals surface area contributed by atoms with Crippen LogP contribution in [0.5, 0.6) is 11.5 Å². The van der Waals surface area contributed by atoms with Gasteiger partial charge in [-0.15, -0.1) is 0 Å². The van der Waals surface area contributed by atoms with Crippen molar-refractivity contribution < 1.29 is 19.1 Å². The Morgan fingerprint density at radius 3 is 2.28 bits per heavy atom. The van der Waals surface area contributed by atoms with Gasteiger partial charge < -0.3 is 15.2 Å². The van der Waals surface area contributed by atoms with E-state index in [4.69, 9.17) is 15.2 Å². The van der Waals surface area contributed by atoms with Crippen molar-refractivity contribution in [1.29, 1.82) is 0 Å². The average molecular weight is 354 g/mol. The smallest absolute Gasteiger partial charge is 0.343 e. The minimum atomic E-state index is -0.462. The number of amidine groups is 1. The van der Waals surface area contributed by atoms with Crippen molar-refractivity contribution in [2.24, 2.45) is 10.7 Å². The van der Waals surface area contributed by atoms with E-state index in [-0.39, 0.29) is 11.1 Å². The first kappa shape index (κ1) is 16.8. The number of amides is 1. The van der Waals surface area contributed by atoms with E-state index in [9.17, 15) is 9.59 Å². The van der Waals surface area contributed by atoms with E-state index < -0.39 is 5.97 Å². The Morgan fingerprint density at radius 1 is 1.08 bits per heavy atom. The first-order chi connectivity index (χ1) is 12.0. The molecule has 6 nitrogen and oxygen atoms in total. The highest BCUT2D eigenvalue weighted by molar-refractivity contribution is 8.18. The van der Waals surface area contributed by atoms with E-state index in [1.165, 1.54) is 0 Å². The second-order valence-corrected chi connectivity index (χ2v) is 6.12. The van der Waals surface area contributed by atoms with Crippen LogP contribution < -0.4 is 15.2 Å². The van der Waals surface area contributed by atoms with Gasteiger partial charge >= 0.3 is 5.97 Å². The fraction of sp³-hybridized carbons (Fsp3) is 0.0556. The largest absolute Gasteiger partial charge is 0.497 e. The van der Waals surface area contributed by atoms with Gasteiger partial charge in [-0.3, -0.25) is 4.79 Å². The summed E-state index contributed by atoms with van der Waals surface area (Å²) in [4.78, 5) is 27.8. The van der Waals surface area contributed by atoms with E-state index in [2.05, 4.69) is 4.99 Å². The molecule has 0 unspecified atom stereocenters. The van der Waals surface area contributed by atoms with Crippen LogP contribution in [0.3, 0.4) is 0 Å². The number of hydrogen-bond acceptors (Lipinski definition) is 6. The van der Waals surface area contributed by atoms with Crippen LogP contribution in [0.15, 0.2) is 58.4 Å². The zero-order valence-corrected chi connectivity index (χ0v) is 14.1. The number of hydrogen-bond donors (Lipinski definition) is 1. The molecule has 3 rings (SSSR count). The molecule has 2 N–H and O–H groups in total. The molecule has 0 aliphatic carbocycles. The van der Waals surface area contributed by atoms with E-state index in [1.54, 1.807) is 61.7 Å². The van der Waals surface area contributed by atoms with Gasteiger partial charge in [0.1, 0.15) is 11.5 Å². The molecule has 0 saturated heterocycles. The number of benzene rings is 2. The number of nitrogens with zero attached hydrogens (tertiary/aromatic N) is 1. The third-order valence-corrected chi connectivity index (χ3v) is 4.16. The Morgan fingerprint density at radius 2 is 1.72 bits per heavy atom. The lowest BCUT2D eigenvalue weighted by atomic mass is 10.2. The Hall–Kier alpha value is -3.06. The highest BCUT2D eigenvalue weighted by Crippen LogP contribution is 2.27. The second-order valence-electron chi connectivity index (χ2n) is 5.05. The second kappa shape index (κ2) is 7.23. The molecule has 0 saturated carbocycles. The van der Waals surface area contributed by atoms with Gasteiger partial charge in [0.05, 0.1) is 17.6 Å². The number of rotatable bonds is 4. The molecule has 1 heterocycles. The molecule has 0 fully saturated rings. The van der Waals surface area contributed by atoms with Crippen LogP contribution in [0.4, 0.5) is 0 Å². The average Bonchev–Trinajstić information content (AvgIpc) is 2.94. The van der Waals surface area contributed by atoms with E-state index in [0.717, 1.165) is 17.3 Å². The number of esters is 1. The van der Waals surface area contributed by atoms with Crippen LogP contribution in [0.25, 0.3) is 6.08 Å². The monoisotopic (exact) mass is 354 g/mol. The molecule has 1 aliphatic heterocycles. The van der Waals surface area contributed by atoms with Gasteiger partial charge in [0, 0.05) is 0 Å². The maximum atomic E-state index is 12.1. The maximum Gasteiger partial charge on any atom is 0.343 e. The van der Waals surface area contributed by atoms with Crippen molar-refractivity contribution in [3.05, 3.63) is 64.6 Å². The van der Waals surface area contributed by atoms with Crippen molar-refractivity contribution in [3.63, 3.8) is 0 Å². The molecular weight excluding hydrogens is 340 g/mol. The van der Waals surface area contributed by atoms with Gasteiger partial charge in [0.2, 0.25) is 0 Å². The van der Waals surface area contributed by atoms with Gasteiger partial charge in [-0.2, -0.15) is 4.99 Å². The number of ether oxygens (including phenoxy) is 2. The van der Waals surface area contributed by atoms with Crippen LogP contribution in [0.1, 0.15) is 15.9 Å². The van der Waals surface area contributed by atoms with Crippen LogP contribution in [-0.4, -0.2) is 24.2 Å². The zero-order valence-electron chi connectivity index (χ0n) is 13.3. The molecule has 0 spiro atoms. The molecule has 1 amide bonds. The summed E-state index contributed by atoms with van der Waals surface area (Å²) in [5.41, 5.74) is 6.71. The van der Waals surface area contributed by atoms with Gasteiger partial charge in [0.15, 0.2) is 5.17 Å². The summed E-state index contributed by atoms with van der Waals surface area (Å²) in [6.45, 7) is 0. The number of aliphatic imine (C=N–C) groups is 1. The van der Waals surface area contributed by atoms with Crippen LogP contribution in [0, 0.1) is 0 Å². The van der Waals surface area contributed by atoms with E-state index in [1.807, 2.05) is 0 Å². The number of nitrogens with two attached hydrogens (primary N) is 1. The molecule has 0 radical (unpaired) electrons. The Labute approximate surface area is 148 Å². The zero-order chi connectivity index (χ0) is 17.8. The molecule has 25 heavy (non-hydrogen) atoms. The summed E-state index contributed by atoms with van der Waals surface area (Å²) >= 11 is 1.13. The van der Waals surface area contributed by atoms with Gasteiger partial charge in [-0.1, -0.05) is 12.1 Å². The minimum Gasteiger partial charge on any atom is -0.497 e. The topological polar surface area (TPSA) is 91.0 Å². The lowest BCUT2D eigenvalue weighted by molar-refractivity contribution is -0.113. The first-order valence-electron chi connectivity index (χ1n) is 7.29. The Bertz CT molecular complexity index is 871. The number of methoxy groups -OCH3 is 1. The van der Waals surface area contributed by atoms with Crippen LogP contribution in [-0.2, 0) is 4.79 Å². The Balaban J connectivity index is 1.67. The van der Waals surface area contributed by atoms with Crippen molar-refractivity contribution in [2.45, 2.75) is 0 Å². The van der Waals surface area contributed by atoms with E-state index in [0.29, 0.717) is 22.0 Å². The van der Waals surface area contributed by atoms with Crippen LogP contribution in [0.2, 0.25) is 0 Å². The molecule has 1 aliphatic rings. The first-order valence-corrected chi connectivity index (χ1v) is 8.11. The number of thioether (sulfide) groups is 1. The number of carbonyl (C=O) groups excluding carboxylic acids is 2. The van der Waals surface area contributed by atoms with Gasteiger partial charge in [-0.05, 0) is 59.8 Å². The quantitative estimate of drug-likeness (QED) is 0.516. The van der Waals surface area contributed by atoms with Crippen molar-refractivity contribution in [3.8, 4) is 11.5 Å². The van der Waals surface area contributed by atoms with Crippen molar-refractivity contribution >= 4 is 34.9 Å². The third-order valence-electron chi connectivity index (χ3n) is 3.35. The fourth-order valence-electron chi connectivity index (χ4n) is 2.10. The lowest BCUT2D eigenvalue weighted by Gasteiger charge is -2.06. The molecule has 7 heteroatoms. The van der Waals surface area contributed by atoms with Gasteiger partial charge in [0.25, 0.3) is 5.91 Å². The summed E-state index contributed by atoms with van der Waals surface area (Å²) in [6.07, 6.45) is 1.69. The predicted octanol–water partition coefficient (Wildman–Crippen LogP) is 2.84. The summed E-state index contributed by atoms with van der Waals surface area (Å²) in [7, 11) is 1.56. The summed E-state index contributed by atoms with van der Waals surface area (Å²) in [6, 6.07) is 13.4. The third kappa shape index (κ3) is 4.07. The summed E-state index contributed by atoms with van der Waals surface area (Å²) < 4.78 is 10.4. The maximum absolute atomic E-state index is 12.1. The summed E-state index contributed by atoms with van der Waals surface area (Å²) in [5.74, 6) is 0.260. The fourth-order valence-corrected chi connectivity index (χ4v) is 2.78. The minimum absolute atomic E-state index is 0.237. The molecule has 0 atom stereocenters. The molecule has 2 aromatic rings. The molecule has 0 bridgehead atoms. The van der Waals surface area contributed by atoms with Crippen LogP contribution >= 0.6 is 11.8 Å². The standard InChI is InChI=1S/C18H14N2O4S/c1-23-13-8-4-12(5-9-13)17(22)24-14-6-2-11(3-7-14)10-15-16(21)20-18(19)25-15/h2-10H,1H3,(H2,19,20,21). The molecule has 0 aromatic heterocycles. The van der Waals surface area contributed by atoms with Gasteiger partial charge in [-0.25, -0.2) is 4.79 Å². The highest BCUT2D eigenvalue weighted by atomic mass is 32.2. The SMILES string of the molecule is COc1ccc(C(=O)Oc2ccc(C=C3SC(N)=NC3=O)cc2)cc1. The molecule has 126 valence electrons.